The van der Waals surface area contributed by atoms with E-state index in [0.29, 0.717) is 0 Å². The summed E-state index contributed by atoms with van der Waals surface area (Å²) < 4.78 is 2.60. The van der Waals surface area contributed by atoms with Gasteiger partial charge < -0.3 is 4.90 Å². The summed E-state index contributed by atoms with van der Waals surface area (Å²) in [5, 5.41) is 5.17. The molecule has 2 heteroatoms. The van der Waals surface area contributed by atoms with Crippen LogP contribution in [0.25, 0.3) is 75.5 Å². The Morgan fingerprint density at radius 3 is 1.56 bits per heavy atom. The highest BCUT2D eigenvalue weighted by molar-refractivity contribution is 7.26. The molecule has 284 valence electrons. The Labute approximate surface area is 359 Å². The summed E-state index contributed by atoms with van der Waals surface area (Å²) in [5.41, 5.74) is 18.5. The summed E-state index contributed by atoms with van der Waals surface area (Å²) in [5.74, 6) is 0. The van der Waals surface area contributed by atoms with Gasteiger partial charge in [0.1, 0.15) is 0 Å². The van der Waals surface area contributed by atoms with Crippen LogP contribution in [0.5, 0.6) is 0 Å². The van der Waals surface area contributed by atoms with Crippen LogP contribution >= 0.6 is 11.3 Å². The highest BCUT2D eigenvalue weighted by Gasteiger charge is 2.52. The van der Waals surface area contributed by atoms with E-state index in [1.807, 2.05) is 11.3 Å². The number of hydrogen-bond acceptors (Lipinski definition) is 2. The summed E-state index contributed by atoms with van der Waals surface area (Å²) >= 11 is 1.90. The average Bonchev–Trinajstić information content (AvgIpc) is 3.96. The molecule has 0 saturated carbocycles. The van der Waals surface area contributed by atoms with E-state index in [4.69, 9.17) is 0 Å². The molecule has 0 amide bonds. The van der Waals surface area contributed by atoms with Gasteiger partial charge in [0.15, 0.2) is 0 Å². The Kier molecular flexibility index (Phi) is 7.46. The van der Waals surface area contributed by atoms with Gasteiger partial charge >= 0.3 is 0 Å². The number of rotatable bonds is 5. The average molecular weight is 792 g/mol. The van der Waals surface area contributed by atoms with Gasteiger partial charge in [-0.25, -0.2) is 0 Å². The number of thiophene rings is 1. The van der Waals surface area contributed by atoms with Gasteiger partial charge in [-0.3, -0.25) is 0 Å². The zero-order valence-electron chi connectivity index (χ0n) is 33.2. The minimum atomic E-state index is -0.438. The molecule has 0 unspecified atom stereocenters. The molecule has 0 aliphatic heterocycles. The molecule has 1 spiro atoms. The lowest BCUT2D eigenvalue weighted by molar-refractivity contribution is 0.794. The molecule has 1 heterocycles. The standard InChI is InChI=1S/C59H37NS/c1-3-18-38(19-4-1)41-22-12-16-32-54(41)60(40-34-35-45-49-37-48(39-20-5-2-6-21-39)42-23-7-8-26-46(42)58(49)61-56(45)36-40)55-33-17-31-53-57(55)47-27-11-15-30-52(47)59(53)50-28-13-9-24-43(50)44-25-10-14-29-51(44)59/h1-37H. The highest BCUT2D eigenvalue weighted by Crippen LogP contribution is 2.65. The van der Waals surface area contributed by atoms with Crippen LogP contribution in [0, 0.1) is 0 Å². The monoisotopic (exact) mass is 791 g/mol. The summed E-state index contributed by atoms with van der Waals surface area (Å²) in [6, 6.07) is 83.4. The molecule has 0 radical (unpaired) electrons. The molecule has 2 aliphatic rings. The first-order valence-corrected chi connectivity index (χ1v) is 21.9. The SMILES string of the molecule is c1ccc(-c2ccccc2N(c2ccc3c(c2)sc2c4ccccc4c(-c4ccccc4)cc32)c2cccc3c2-c2ccccc2C32c3ccccc3-c3ccccc32)cc1. The molecule has 11 aromatic rings. The van der Waals surface area contributed by atoms with Crippen molar-refractivity contribution < 1.29 is 0 Å². The maximum atomic E-state index is 2.54. The zero-order chi connectivity index (χ0) is 40.1. The third-order valence-electron chi connectivity index (χ3n) is 13.3. The van der Waals surface area contributed by atoms with Gasteiger partial charge in [0.05, 0.1) is 16.8 Å². The van der Waals surface area contributed by atoms with E-state index >= 15 is 0 Å². The van der Waals surface area contributed by atoms with Gasteiger partial charge in [-0.2, -0.15) is 0 Å². The van der Waals surface area contributed by atoms with Crippen molar-refractivity contribution in [2.75, 3.05) is 4.90 Å². The maximum Gasteiger partial charge on any atom is 0.0726 e. The van der Waals surface area contributed by atoms with Crippen LogP contribution < -0.4 is 4.90 Å². The fourth-order valence-corrected chi connectivity index (χ4v) is 12.1. The Morgan fingerprint density at radius 2 is 0.852 bits per heavy atom. The van der Waals surface area contributed by atoms with Crippen molar-refractivity contribution in [3.8, 4) is 44.5 Å². The van der Waals surface area contributed by atoms with Crippen molar-refractivity contribution >= 4 is 59.3 Å². The Hall–Kier alpha value is -7.52. The summed E-state index contributed by atoms with van der Waals surface area (Å²) in [6.07, 6.45) is 0. The van der Waals surface area contributed by atoms with E-state index in [2.05, 4.69) is 229 Å². The van der Waals surface area contributed by atoms with Crippen molar-refractivity contribution in [1.29, 1.82) is 0 Å². The zero-order valence-corrected chi connectivity index (χ0v) is 34.0. The summed E-state index contributed by atoms with van der Waals surface area (Å²) in [6.45, 7) is 0. The first-order chi connectivity index (χ1) is 30.3. The van der Waals surface area contributed by atoms with E-state index < -0.39 is 5.41 Å². The number of hydrogen-bond donors (Lipinski definition) is 0. The molecule has 0 bridgehead atoms. The molecule has 0 fully saturated rings. The number of fused-ring (bicyclic) bond motifs is 15. The van der Waals surface area contributed by atoms with Crippen molar-refractivity contribution in [1.82, 2.24) is 0 Å². The van der Waals surface area contributed by atoms with Crippen molar-refractivity contribution in [3.63, 3.8) is 0 Å². The van der Waals surface area contributed by atoms with Crippen molar-refractivity contribution in [3.05, 3.63) is 247 Å². The molecule has 0 atom stereocenters. The summed E-state index contributed by atoms with van der Waals surface area (Å²) in [4.78, 5) is 2.54. The topological polar surface area (TPSA) is 3.24 Å². The number of benzene rings is 10. The third-order valence-corrected chi connectivity index (χ3v) is 14.5. The van der Waals surface area contributed by atoms with Crippen LogP contribution in [0.2, 0.25) is 0 Å². The minimum Gasteiger partial charge on any atom is -0.309 e. The first-order valence-electron chi connectivity index (χ1n) is 21.1. The van der Waals surface area contributed by atoms with Crippen molar-refractivity contribution in [2.24, 2.45) is 0 Å². The normalized spacial score (nSPS) is 13.0. The van der Waals surface area contributed by atoms with E-state index in [0.717, 1.165) is 11.4 Å². The first kappa shape index (κ1) is 34.4. The van der Waals surface area contributed by atoms with Crippen LogP contribution in [0.15, 0.2) is 224 Å². The minimum absolute atomic E-state index is 0.438. The lowest BCUT2D eigenvalue weighted by atomic mass is 9.70. The fourth-order valence-electron chi connectivity index (χ4n) is 10.8. The summed E-state index contributed by atoms with van der Waals surface area (Å²) in [7, 11) is 0. The van der Waals surface area contributed by atoms with Crippen LogP contribution in [0.1, 0.15) is 22.3 Å². The molecule has 10 aromatic carbocycles. The van der Waals surface area contributed by atoms with Crippen LogP contribution in [-0.2, 0) is 5.41 Å². The molecular weight excluding hydrogens is 755 g/mol. The van der Waals surface area contributed by atoms with Crippen LogP contribution in [-0.4, -0.2) is 0 Å². The molecule has 61 heavy (non-hydrogen) atoms. The Morgan fingerprint density at radius 1 is 0.328 bits per heavy atom. The second-order valence-corrected chi connectivity index (χ2v) is 17.4. The lowest BCUT2D eigenvalue weighted by Crippen LogP contribution is -2.26. The van der Waals surface area contributed by atoms with Gasteiger partial charge in [-0.15, -0.1) is 11.3 Å². The second-order valence-electron chi connectivity index (χ2n) is 16.3. The number of nitrogens with zero attached hydrogens (tertiary/aromatic N) is 1. The fraction of sp³-hybridized carbons (Fsp3) is 0.0169. The Bertz CT molecular complexity index is 3500. The second kappa shape index (κ2) is 13.2. The molecule has 0 N–H and O–H groups in total. The van der Waals surface area contributed by atoms with E-state index in [1.165, 1.54) is 103 Å². The molecular formula is C59H37NS. The largest absolute Gasteiger partial charge is 0.309 e. The van der Waals surface area contributed by atoms with Crippen LogP contribution in [0.4, 0.5) is 17.1 Å². The van der Waals surface area contributed by atoms with Gasteiger partial charge in [0, 0.05) is 42.4 Å². The van der Waals surface area contributed by atoms with Gasteiger partial charge in [-0.05, 0) is 91.4 Å². The molecule has 2 aliphatic carbocycles. The molecule has 13 rings (SSSR count). The quantitative estimate of drug-likeness (QED) is 0.168. The third kappa shape index (κ3) is 4.83. The van der Waals surface area contributed by atoms with Crippen molar-refractivity contribution in [2.45, 2.75) is 5.41 Å². The van der Waals surface area contributed by atoms with E-state index in [-0.39, 0.29) is 0 Å². The number of anilines is 3. The van der Waals surface area contributed by atoms with Gasteiger partial charge in [0.2, 0.25) is 0 Å². The molecule has 1 nitrogen and oxygen atoms in total. The molecule has 1 aromatic heterocycles. The van der Waals surface area contributed by atoms with Gasteiger partial charge in [-0.1, -0.05) is 194 Å². The number of para-hydroxylation sites is 1. The van der Waals surface area contributed by atoms with E-state index in [9.17, 15) is 0 Å². The maximum absolute atomic E-state index is 2.54. The predicted molar refractivity (Wildman–Crippen MR) is 259 cm³/mol. The van der Waals surface area contributed by atoms with Crippen LogP contribution in [0.3, 0.4) is 0 Å². The van der Waals surface area contributed by atoms with E-state index in [1.54, 1.807) is 0 Å². The highest BCUT2D eigenvalue weighted by atomic mass is 32.1. The van der Waals surface area contributed by atoms with Gasteiger partial charge in [0.25, 0.3) is 0 Å². The molecule has 0 saturated heterocycles. The Balaban J connectivity index is 1.10. The smallest absolute Gasteiger partial charge is 0.0726 e. The lowest BCUT2D eigenvalue weighted by Gasteiger charge is -2.32. The predicted octanol–water partition coefficient (Wildman–Crippen LogP) is 16.4.